The lowest BCUT2D eigenvalue weighted by molar-refractivity contribution is 0.284. The maximum Gasteiger partial charge on any atom is 0.0606 e. The van der Waals surface area contributed by atoms with Crippen LogP contribution in [0.15, 0.2) is 12.1 Å². The lowest BCUT2D eigenvalue weighted by atomic mass is 9.90. The fraction of sp³-hybridized carbons (Fsp3) is 0.571. The average molecular weight is 234 g/mol. The van der Waals surface area contributed by atoms with Crippen LogP contribution < -0.4 is 10.6 Å². The normalized spacial score (nSPS) is 15.7. The van der Waals surface area contributed by atoms with E-state index in [2.05, 4.69) is 24.8 Å². The summed E-state index contributed by atoms with van der Waals surface area (Å²) in [6.45, 7) is 5.05. The zero-order valence-corrected chi connectivity index (χ0v) is 10.7. The van der Waals surface area contributed by atoms with E-state index in [0.29, 0.717) is 12.6 Å². The number of rotatable bonds is 4. The Hall–Kier alpha value is -1.22. The topological polar surface area (TPSA) is 49.5 Å². The summed E-state index contributed by atoms with van der Waals surface area (Å²) in [4.78, 5) is 2.27. The molecule has 0 spiro atoms. The summed E-state index contributed by atoms with van der Waals surface area (Å²) >= 11 is 0. The minimum absolute atomic E-state index is 0.183. The van der Waals surface area contributed by atoms with Crippen LogP contribution in [0, 0.1) is 13.8 Å². The minimum Gasteiger partial charge on any atom is -0.397 e. The van der Waals surface area contributed by atoms with Gasteiger partial charge >= 0.3 is 0 Å². The molecule has 0 radical (unpaired) electrons. The number of aliphatic hydroxyl groups excluding tert-OH is 1. The van der Waals surface area contributed by atoms with Gasteiger partial charge in [0.1, 0.15) is 0 Å². The fourth-order valence-electron chi connectivity index (χ4n) is 2.38. The van der Waals surface area contributed by atoms with E-state index in [9.17, 15) is 5.11 Å². The van der Waals surface area contributed by atoms with E-state index in [1.165, 1.54) is 30.4 Å². The van der Waals surface area contributed by atoms with E-state index < -0.39 is 0 Å². The van der Waals surface area contributed by atoms with Crippen LogP contribution in [0.2, 0.25) is 0 Å². The van der Waals surface area contributed by atoms with E-state index in [1.807, 2.05) is 6.07 Å². The second-order valence-corrected chi connectivity index (χ2v) is 5.00. The van der Waals surface area contributed by atoms with Gasteiger partial charge in [-0.05, 0) is 56.4 Å². The van der Waals surface area contributed by atoms with Crippen molar-refractivity contribution in [3.63, 3.8) is 0 Å². The van der Waals surface area contributed by atoms with Crippen molar-refractivity contribution in [1.82, 2.24) is 0 Å². The van der Waals surface area contributed by atoms with E-state index in [-0.39, 0.29) is 6.61 Å². The summed E-state index contributed by atoms with van der Waals surface area (Å²) in [6, 6.07) is 4.75. The highest BCUT2D eigenvalue weighted by Crippen LogP contribution is 2.34. The van der Waals surface area contributed by atoms with Gasteiger partial charge in [-0.3, -0.25) is 0 Å². The van der Waals surface area contributed by atoms with Gasteiger partial charge < -0.3 is 15.7 Å². The largest absolute Gasteiger partial charge is 0.397 e. The Balaban J connectivity index is 2.31. The number of aryl methyl sites for hydroxylation is 2. The Morgan fingerprint density at radius 2 is 1.94 bits per heavy atom. The van der Waals surface area contributed by atoms with Crippen molar-refractivity contribution in [2.75, 3.05) is 23.8 Å². The molecule has 3 heteroatoms. The molecule has 0 bridgehead atoms. The molecule has 1 aliphatic carbocycles. The van der Waals surface area contributed by atoms with Gasteiger partial charge in [-0.2, -0.15) is 0 Å². The molecule has 0 aromatic heterocycles. The molecular weight excluding hydrogens is 212 g/mol. The predicted octanol–water partition coefficient (Wildman–Crippen LogP) is 2.24. The Morgan fingerprint density at radius 3 is 2.47 bits per heavy atom. The Labute approximate surface area is 103 Å². The summed E-state index contributed by atoms with van der Waals surface area (Å²) < 4.78 is 0. The van der Waals surface area contributed by atoms with Crippen LogP contribution in [-0.4, -0.2) is 24.3 Å². The lowest BCUT2D eigenvalue weighted by Gasteiger charge is -2.39. The highest BCUT2D eigenvalue weighted by atomic mass is 16.3. The van der Waals surface area contributed by atoms with Crippen molar-refractivity contribution in [2.45, 2.75) is 39.2 Å². The molecule has 17 heavy (non-hydrogen) atoms. The summed E-state index contributed by atoms with van der Waals surface area (Å²) in [5, 5.41) is 9.20. The first-order valence-electron chi connectivity index (χ1n) is 6.37. The van der Waals surface area contributed by atoms with Gasteiger partial charge in [-0.1, -0.05) is 0 Å². The van der Waals surface area contributed by atoms with Crippen LogP contribution in [-0.2, 0) is 0 Å². The molecule has 1 aromatic rings. The first-order chi connectivity index (χ1) is 8.13. The molecule has 0 heterocycles. The number of aliphatic hydroxyl groups is 1. The Bertz CT molecular complexity index is 399. The number of nitrogens with zero attached hydrogens (tertiary/aromatic N) is 1. The van der Waals surface area contributed by atoms with Gasteiger partial charge in [0.25, 0.3) is 0 Å². The molecule has 2 rings (SSSR count). The number of benzene rings is 1. The van der Waals surface area contributed by atoms with E-state index >= 15 is 0 Å². The summed E-state index contributed by atoms with van der Waals surface area (Å²) in [5.41, 5.74) is 10.5. The van der Waals surface area contributed by atoms with Crippen molar-refractivity contribution >= 4 is 11.4 Å². The first-order valence-corrected chi connectivity index (χ1v) is 6.37. The quantitative estimate of drug-likeness (QED) is 0.785. The molecule has 1 aromatic carbocycles. The highest BCUT2D eigenvalue weighted by molar-refractivity contribution is 5.70. The van der Waals surface area contributed by atoms with E-state index in [4.69, 9.17) is 5.73 Å². The first kappa shape index (κ1) is 12.2. The monoisotopic (exact) mass is 234 g/mol. The molecule has 0 unspecified atom stereocenters. The minimum atomic E-state index is 0.183. The smallest absolute Gasteiger partial charge is 0.0606 e. The van der Waals surface area contributed by atoms with Crippen LogP contribution in [0.25, 0.3) is 0 Å². The lowest BCUT2D eigenvalue weighted by Crippen LogP contribution is -2.42. The van der Waals surface area contributed by atoms with Crippen molar-refractivity contribution in [1.29, 1.82) is 0 Å². The molecule has 94 valence electrons. The third-order valence-corrected chi connectivity index (χ3v) is 3.81. The molecule has 3 N–H and O–H groups in total. The van der Waals surface area contributed by atoms with E-state index in [1.54, 1.807) is 0 Å². The number of hydrogen-bond donors (Lipinski definition) is 2. The van der Waals surface area contributed by atoms with E-state index in [0.717, 1.165) is 11.4 Å². The second-order valence-electron chi connectivity index (χ2n) is 5.00. The number of nitrogens with two attached hydrogens (primary N) is 1. The molecule has 1 aliphatic rings. The Kier molecular flexibility index (Phi) is 3.57. The zero-order chi connectivity index (χ0) is 12.4. The molecule has 3 nitrogen and oxygen atoms in total. The van der Waals surface area contributed by atoms with Gasteiger partial charge in [0.2, 0.25) is 0 Å². The molecule has 1 fully saturated rings. The molecule has 1 saturated carbocycles. The van der Waals surface area contributed by atoms with Crippen molar-refractivity contribution in [3.8, 4) is 0 Å². The molecule has 0 amide bonds. The summed E-state index contributed by atoms with van der Waals surface area (Å²) in [5.74, 6) is 0. The zero-order valence-electron chi connectivity index (χ0n) is 10.7. The SMILES string of the molecule is Cc1cc(N)c(N(CCO)C2CCC2)cc1C. The third kappa shape index (κ3) is 2.39. The number of hydrogen-bond acceptors (Lipinski definition) is 3. The van der Waals surface area contributed by atoms with Crippen LogP contribution in [0.5, 0.6) is 0 Å². The molecule has 0 saturated heterocycles. The predicted molar refractivity (Wildman–Crippen MR) is 72.4 cm³/mol. The van der Waals surface area contributed by atoms with Gasteiger partial charge in [-0.25, -0.2) is 0 Å². The maximum absolute atomic E-state index is 9.20. The maximum atomic E-state index is 9.20. The number of nitrogen functional groups attached to an aromatic ring is 1. The standard InChI is InChI=1S/C14H22N2O/c1-10-8-13(15)14(9-11(10)2)16(6-7-17)12-4-3-5-12/h8-9,12,17H,3-7,15H2,1-2H3. The molecular formula is C14H22N2O. The van der Waals surface area contributed by atoms with Crippen molar-refractivity contribution in [2.24, 2.45) is 0 Å². The second kappa shape index (κ2) is 4.96. The highest BCUT2D eigenvalue weighted by Gasteiger charge is 2.26. The van der Waals surface area contributed by atoms with Gasteiger partial charge in [0.15, 0.2) is 0 Å². The van der Waals surface area contributed by atoms with Gasteiger partial charge in [0, 0.05) is 12.6 Å². The fourth-order valence-corrected chi connectivity index (χ4v) is 2.38. The summed E-state index contributed by atoms with van der Waals surface area (Å²) in [6.07, 6.45) is 3.72. The average Bonchev–Trinajstić information content (AvgIpc) is 2.20. The van der Waals surface area contributed by atoms with Crippen LogP contribution in [0.3, 0.4) is 0 Å². The van der Waals surface area contributed by atoms with Crippen molar-refractivity contribution < 1.29 is 5.11 Å². The van der Waals surface area contributed by atoms with Crippen molar-refractivity contribution in [3.05, 3.63) is 23.3 Å². The molecule has 0 aliphatic heterocycles. The number of anilines is 2. The van der Waals surface area contributed by atoms with Gasteiger partial charge in [0.05, 0.1) is 18.0 Å². The Morgan fingerprint density at radius 1 is 1.29 bits per heavy atom. The summed E-state index contributed by atoms with van der Waals surface area (Å²) in [7, 11) is 0. The van der Waals surface area contributed by atoms with Crippen LogP contribution in [0.1, 0.15) is 30.4 Å². The van der Waals surface area contributed by atoms with Crippen LogP contribution in [0.4, 0.5) is 11.4 Å². The van der Waals surface area contributed by atoms with Crippen LogP contribution >= 0.6 is 0 Å². The molecule has 0 atom stereocenters. The van der Waals surface area contributed by atoms with Gasteiger partial charge in [-0.15, -0.1) is 0 Å². The third-order valence-electron chi connectivity index (χ3n) is 3.81.